The Hall–Kier alpha value is -1.06. The molecule has 2 aliphatic rings. The van der Waals surface area contributed by atoms with Gasteiger partial charge in [0, 0.05) is 18.9 Å². The Balaban J connectivity index is 1.88. The van der Waals surface area contributed by atoms with Crippen molar-refractivity contribution in [1.29, 1.82) is 0 Å². The van der Waals surface area contributed by atoms with Crippen molar-refractivity contribution in [3.8, 4) is 0 Å². The third kappa shape index (κ3) is 0.982. The molecule has 0 spiro atoms. The fourth-order valence-electron chi connectivity index (χ4n) is 1.97. The first-order chi connectivity index (χ1) is 5.18. The van der Waals surface area contributed by atoms with Crippen molar-refractivity contribution in [2.45, 2.75) is 18.9 Å². The van der Waals surface area contributed by atoms with E-state index in [1.54, 1.807) is 0 Å². The van der Waals surface area contributed by atoms with Crippen LogP contribution in [0, 0.1) is 11.8 Å². The normalized spacial score (nSPS) is 40.0. The molecule has 0 aromatic rings. The largest absolute Gasteiger partial charge is 0.465 e. The van der Waals surface area contributed by atoms with E-state index in [1.165, 1.54) is 0 Å². The minimum Gasteiger partial charge on any atom is -0.465 e. The third-order valence-electron chi connectivity index (χ3n) is 2.55. The second kappa shape index (κ2) is 1.96. The Kier molecular flexibility index (Phi) is 1.19. The van der Waals surface area contributed by atoms with E-state index in [0.717, 1.165) is 0 Å². The van der Waals surface area contributed by atoms with Gasteiger partial charge in [0.05, 0.1) is 0 Å². The summed E-state index contributed by atoms with van der Waals surface area (Å²) < 4.78 is 0. The predicted octanol–water partition coefficient (Wildman–Crippen LogP) is 0.232. The van der Waals surface area contributed by atoms with E-state index in [4.69, 9.17) is 5.11 Å². The van der Waals surface area contributed by atoms with Gasteiger partial charge in [-0.3, -0.25) is 4.79 Å². The van der Waals surface area contributed by atoms with Crippen LogP contribution >= 0.6 is 0 Å². The maximum absolute atomic E-state index is 10.7. The average molecular weight is 155 g/mol. The van der Waals surface area contributed by atoms with Crippen LogP contribution in [0.25, 0.3) is 0 Å². The van der Waals surface area contributed by atoms with Gasteiger partial charge in [-0.25, -0.2) is 4.79 Å². The fraction of sp³-hybridized carbons (Fsp3) is 0.714. The summed E-state index contributed by atoms with van der Waals surface area (Å²) in [5.41, 5.74) is 0. The SMILES string of the molecule is O=C1C[C@@H]2[C@H](C1)[C@@H]2NC(=O)O. The number of hydrogen-bond donors (Lipinski definition) is 2. The summed E-state index contributed by atoms with van der Waals surface area (Å²) >= 11 is 0. The number of rotatable bonds is 1. The molecule has 4 heteroatoms. The molecule has 0 radical (unpaired) electrons. The fourth-order valence-corrected chi connectivity index (χ4v) is 1.97. The van der Waals surface area contributed by atoms with Gasteiger partial charge in [-0.2, -0.15) is 0 Å². The van der Waals surface area contributed by atoms with Gasteiger partial charge in [-0.05, 0) is 11.8 Å². The smallest absolute Gasteiger partial charge is 0.404 e. The van der Waals surface area contributed by atoms with E-state index >= 15 is 0 Å². The van der Waals surface area contributed by atoms with Gasteiger partial charge in [-0.1, -0.05) is 0 Å². The van der Waals surface area contributed by atoms with Crippen LogP contribution < -0.4 is 5.32 Å². The Morgan fingerprint density at radius 1 is 1.45 bits per heavy atom. The van der Waals surface area contributed by atoms with Crippen LogP contribution in [0.3, 0.4) is 0 Å². The number of Topliss-reactive ketones (excluding diaryl/α,β-unsaturated/α-hetero) is 1. The molecule has 0 heterocycles. The zero-order valence-electron chi connectivity index (χ0n) is 5.91. The van der Waals surface area contributed by atoms with Crippen LogP contribution in [0.2, 0.25) is 0 Å². The minimum absolute atomic E-state index is 0.0743. The van der Waals surface area contributed by atoms with E-state index in [-0.39, 0.29) is 11.8 Å². The van der Waals surface area contributed by atoms with Crippen LogP contribution in [0.1, 0.15) is 12.8 Å². The minimum atomic E-state index is -0.975. The van der Waals surface area contributed by atoms with Crippen LogP contribution in [-0.4, -0.2) is 23.0 Å². The molecule has 60 valence electrons. The molecular weight excluding hydrogens is 146 g/mol. The van der Waals surface area contributed by atoms with Gasteiger partial charge in [0.15, 0.2) is 0 Å². The average Bonchev–Trinajstić information content (AvgIpc) is 2.43. The van der Waals surface area contributed by atoms with Crippen LogP contribution in [0.4, 0.5) is 4.79 Å². The van der Waals surface area contributed by atoms with Crippen molar-refractivity contribution in [2.75, 3.05) is 0 Å². The first kappa shape index (κ1) is 6.64. The molecular formula is C7H9NO3. The lowest BCUT2D eigenvalue weighted by Crippen LogP contribution is -2.27. The van der Waals surface area contributed by atoms with E-state index in [2.05, 4.69) is 5.32 Å². The highest BCUT2D eigenvalue weighted by Crippen LogP contribution is 2.50. The second-order valence-corrected chi connectivity index (χ2v) is 3.25. The van der Waals surface area contributed by atoms with E-state index in [0.29, 0.717) is 24.7 Å². The number of fused-ring (bicyclic) bond motifs is 1. The molecule has 2 rings (SSSR count). The molecule has 1 amide bonds. The zero-order chi connectivity index (χ0) is 8.01. The van der Waals surface area contributed by atoms with E-state index in [1.807, 2.05) is 0 Å². The molecule has 2 saturated carbocycles. The monoisotopic (exact) mass is 155 g/mol. The Morgan fingerprint density at radius 2 is 2.00 bits per heavy atom. The van der Waals surface area contributed by atoms with Gasteiger partial charge in [0.2, 0.25) is 0 Å². The Morgan fingerprint density at radius 3 is 2.45 bits per heavy atom. The summed E-state index contributed by atoms with van der Waals surface area (Å²) in [6, 6.07) is 0.0743. The van der Waals surface area contributed by atoms with Crippen molar-refractivity contribution >= 4 is 11.9 Å². The lowest BCUT2D eigenvalue weighted by Gasteiger charge is -2.00. The molecule has 0 aromatic carbocycles. The van der Waals surface area contributed by atoms with Crippen molar-refractivity contribution in [1.82, 2.24) is 5.32 Å². The van der Waals surface area contributed by atoms with Gasteiger partial charge in [0.1, 0.15) is 5.78 Å². The van der Waals surface area contributed by atoms with Gasteiger partial charge < -0.3 is 10.4 Å². The van der Waals surface area contributed by atoms with E-state index in [9.17, 15) is 9.59 Å². The van der Waals surface area contributed by atoms with Crippen molar-refractivity contribution in [3.63, 3.8) is 0 Å². The number of carbonyl (C=O) groups is 2. The number of nitrogens with one attached hydrogen (secondary N) is 1. The van der Waals surface area contributed by atoms with Gasteiger partial charge >= 0.3 is 6.09 Å². The first-order valence-corrected chi connectivity index (χ1v) is 3.69. The molecule has 3 atom stereocenters. The number of amides is 1. The van der Waals surface area contributed by atoms with Crippen molar-refractivity contribution in [2.24, 2.45) is 11.8 Å². The predicted molar refractivity (Wildman–Crippen MR) is 36.2 cm³/mol. The lowest BCUT2D eigenvalue weighted by atomic mass is 10.2. The number of hydrogen-bond acceptors (Lipinski definition) is 2. The topological polar surface area (TPSA) is 66.4 Å². The van der Waals surface area contributed by atoms with Crippen LogP contribution in [0.15, 0.2) is 0 Å². The van der Waals surface area contributed by atoms with Crippen molar-refractivity contribution in [3.05, 3.63) is 0 Å². The first-order valence-electron chi connectivity index (χ1n) is 3.69. The molecule has 0 saturated heterocycles. The highest BCUT2D eigenvalue weighted by molar-refractivity contribution is 5.83. The number of carbonyl (C=O) groups excluding carboxylic acids is 1. The quantitative estimate of drug-likeness (QED) is 0.569. The Labute approximate surface area is 63.6 Å². The number of carboxylic acid groups (broad SMARTS) is 1. The summed E-state index contributed by atoms with van der Waals surface area (Å²) in [7, 11) is 0. The molecule has 2 aliphatic carbocycles. The third-order valence-corrected chi connectivity index (χ3v) is 2.55. The second-order valence-electron chi connectivity index (χ2n) is 3.25. The van der Waals surface area contributed by atoms with E-state index < -0.39 is 6.09 Å². The molecule has 0 aromatic heterocycles. The zero-order valence-corrected chi connectivity index (χ0v) is 5.91. The summed E-state index contributed by atoms with van der Waals surface area (Å²) in [4.78, 5) is 20.9. The Bertz CT molecular complexity index is 212. The van der Waals surface area contributed by atoms with Crippen molar-refractivity contribution < 1.29 is 14.7 Å². The molecule has 2 N–H and O–H groups in total. The molecule has 2 fully saturated rings. The molecule has 0 aliphatic heterocycles. The highest BCUT2D eigenvalue weighted by Gasteiger charge is 2.56. The summed E-state index contributed by atoms with van der Waals surface area (Å²) in [5.74, 6) is 0.917. The number of ketones is 1. The maximum Gasteiger partial charge on any atom is 0.404 e. The summed E-state index contributed by atoms with van der Waals surface area (Å²) in [6.07, 6.45) is 0.183. The molecule has 0 bridgehead atoms. The molecule has 0 unspecified atom stereocenters. The van der Waals surface area contributed by atoms with Crippen LogP contribution in [-0.2, 0) is 4.79 Å². The maximum atomic E-state index is 10.7. The summed E-state index contributed by atoms with van der Waals surface area (Å²) in [5, 5.41) is 10.8. The molecule has 4 nitrogen and oxygen atoms in total. The van der Waals surface area contributed by atoms with Gasteiger partial charge in [-0.15, -0.1) is 0 Å². The standard InChI is InChI=1S/C7H9NO3/c9-3-1-4-5(2-3)6(4)8-7(10)11/h4-6,8H,1-2H2,(H,10,11)/t4-,5+,6-. The lowest BCUT2D eigenvalue weighted by molar-refractivity contribution is -0.118. The highest BCUT2D eigenvalue weighted by atomic mass is 16.4. The molecule has 11 heavy (non-hydrogen) atoms. The van der Waals surface area contributed by atoms with Gasteiger partial charge in [0.25, 0.3) is 0 Å². The van der Waals surface area contributed by atoms with Crippen LogP contribution in [0.5, 0.6) is 0 Å². The summed E-state index contributed by atoms with van der Waals surface area (Å²) in [6.45, 7) is 0.